The molecule has 2 aliphatic rings. The third-order valence-electron chi connectivity index (χ3n) is 4.81. The van der Waals surface area contributed by atoms with Crippen LogP contribution in [0.5, 0.6) is 0 Å². The smallest absolute Gasteiger partial charge is 0.0475 e. The van der Waals surface area contributed by atoms with Crippen molar-refractivity contribution in [2.75, 3.05) is 24.6 Å². The maximum atomic E-state index is 6.26. The molecule has 2 nitrogen and oxygen atoms in total. The van der Waals surface area contributed by atoms with Gasteiger partial charge in [-0.3, -0.25) is 4.90 Å². The molecular weight excluding hydrogens is 228 g/mol. The maximum Gasteiger partial charge on any atom is 0.0475 e. The number of nitrogens with zero attached hydrogens (tertiary/aromatic N) is 1. The summed E-state index contributed by atoms with van der Waals surface area (Å²) in [5, 5.41) is 0. The zero-order valence-electron chi connectivity index (χ0n) is 11.7. The highest BCUT2D eigenvalue weighted by atomic mass is 32.2. The highest BCUT2D eigenvalue weighted by Gasteiger charge is 2.53. The van der Waals surface area contributed by atoms with Crippen molar-refractivity contribution >= 4 is 11.8 Å². The Morgan fingerprint density at radius 2 is 2.06 bits per heavy atom. The van der Waals surface area contributed by atoms with Crippen LogP contribution in [0.15, 0.2) is 0 Å². The van der Waals surface area contributed by atoms with Crippen LogP contribution in [0.2, 0.25) is 0 Å². The van der Waals surface area contributed by atoms with E-state index in [0.717, 1.165) is 12.6 Å². The Morgan fingerprint density at radius 3 is 2.53 bits per heavy atom. The van der Waals surface area contributed by atoms with E-state index in [0.29, 0.717) is 5.41 Å². The van der Waals surface area contributed by atoms with Crippen LogP contribution in [-0.2, 0) is 0 Å². The van der Waals surface area contributed by atoms with Crippen LogP contribution >= 0.6 is 11.8 Å². The first kappa shape index (κ1) is 13.7. The lowest BCUT2D eigenvalue weighted by atomic mass is 9.69. The molecule has 0 aromatic carbocycles. The van der Waals surface area contributed by atoms with Crippen molar-refractivity contribution in [3.63, 3.8) is 0 Å². The number of thioether (sulfide) groups is 1. The fourth-order valence-corrected chi connectivity index (χ4v) is 5.10. The van der Waals surface area contributed by atoms with Gasteiger partial charge in [0, 0.05) is 23.9 Å². The lowest BCUT2D eigenvalue weighted by Crippen LogP contribution is -2.66. The molecule has 1 aliphatic carbocycles. The summed E-state index contributed by atoms with van der Waals surface area (Å²) < 4.78 is 0. The van der Waals surface area contributed by atoms with Gasteiger partial charge in [0.25, 0.3) is 0 Å². The second kappa shape index (κ2) is 5.10. The number of hydrogen-bond donors (Lipinski definition) is 1. The zero-order chi connectivity index (χ0) is 12.5. The molecule has 3 heteroatoms. The molecule has 1 saturated heterocycles. The van der Waals surface area contributed by atoms with E-state index in [1.165, 1.54) is 43.7 Å². The Bertz CT molecular complexity index is 263. The van der Waals surface area contributed by atoms with Crippen molar-refractivity contribution in [1.29, 1.82) is 0 Å². The van der Waals surface area contributed by atoms with E-state index in [1.54, 1.807) is 0 Å². The minimum absolute atomic E-state index is 0.243. The van der Waals surface area contributed by atoms with Crippen molar-refractivity contribution in [2.24, 2.45) is 11.1 Å². The lowest BCUT2D eigenvalue weighted by Gasteiger charge is -2.56. The molecule has 1 saturated carbocycles. The van der Waals surface area contributed by atoms with Crippen LogP contribution in [0.25, 0.3) is 0 Å². The van der Waals surface area contributed by atoms with E-state index in [-0.39, 0.29) is 5.54 Å². The summed E-state index contributed by atoms with van der Waals surface area (Å²) in [6.07, 6.45) is 5.34. The summed E-state index contributed by atoms with van der Waals surface area (Å²) in [4.78, 5) is 2.78. The standard InChI is InChI=1S/C14H28N2S/c1-4-8-16(12-5-6-12)14(10-15)11-17-9-7-13(14,2)3/h12H,4-11,15H2,1-3H3. The van der Waals surface area contributed by atoms with Gasteiger partial charge < -0.3 is 5.73 Å². The highest BCUT2D eigenvalue weighted by molar-refractivity contribution is 7.99. The van der Waals surface area contributed by atoms with Gasteiger partial charge in [0.05, 0.1) is 0 Å². The molecule has 1 atom stereocenters. The van der Waals surface area contributed by atoms with Gasteiger partial charge in [-0.25, -0.2) is 0 Å². The first-order valence-corrected chi connectivity index (χ1v) is 8.27. The van der Waals surface area contributed by atoms with Crippen molar-refractivity contribution in [2.45, 2.75) is 58.0 Å². The SMILES string of the molecule is CCCN(C1CC1)C1(CN)CSCCC1(C)C. The first-order valence-electron chi connectivity index (χ1n) is 7.12. The van der Waals surface area contributed by atoms with E-state index >= 15 is 0 Å². The van der Waals surface area contributed by atoms with Crippen LogP contribution in [0.4, 0.5) is 0 Å². The molecule has 0 bridgehead atoms. The van der Waals surface area contributed by atoms with Crippen LogP contribution in [0, 0.1) is 5.41 Å². The maximum absolute atomic E-state index is 6.26. The third kappa shape index (κ3) is 2.39. The van der Waals surface area contributed by atoms with Gasteiger partial charge in [-0.2, -0.15) is 11.8 Å². The van der Waals surface area contributed by atoms with E-state index in [9.17, 15) is 0 Å². The fraction of sp³-hybridized carbons (Fsp3) is 1.00. The summed E-state index contributed by atoms with van der Waals surface area (Å²) in [6, 6.07) is 0.830. The van der Waals surface area contributed by atoms with Gasteiger partial charge in [0.1, 0.15) is 0 Å². The van der Waals surface area contributed by atoms with Gasteiger partial charge in [-0.1, -0.05) is 20.8 Å². The molecule has 2 N–H and O–H groups in total. The van der Waals surface area contributed by atoms with Crippen molar-refractivity contribution in [1.82, 2.24) is 4.90 Å². The largest absolute Gasteiger partial charge is 0.329 e. The molecule has 2 rings (SSSR count). The van der Waals surface area contributed by atoms with Crippen LogP contribution in [0.1, 0.15) is 46.5 Å². The molecule has 17 heavy (non-hydrogen) atoms. The van der Waals surface area contributed by atoms with E-state index in [2.05, 4.69) is 37.4 Å². The normalized spacial score (nSPS) is 33.0. The molecule has 2 fully saturated rings. The Hall–Kier alpha value is 0.270. The minimum atomic E-state index is 0.243. The fourth-order valence-electron chi connectivity index (χ4n) is 3.29. The molecule has 0 aromatic rings. The van der Waals surface area contributed by atoms with Crippen LogP contribution < -0.4 is 5.73 Å². The Kier molecular flexibility index (Phi) is 4.11. The topological polar surface area (TPSA) is 29.3 Å². The van der Waals surface area contributed by atoms with E-state index in [1.807, 2.05) is 0 Å². The molecular formula is C14H28N2S. The average Bonchev–Trinajstić information content (AvgIpc) is 3.10. The second-order valence-corrected chi connectivity index (χ2v) is 7.45. The quantitative estimate of drug-likeness (QED) is 0.820. The third-order valence-corrected chi connectivity index (χ3v) is 5.99. The van der Waals surface area contributed by atoms with Gasteiger partial charge in [0.15, 0.2) is 0 Å². The average molecular weight is 256 g/mol. The first-order chi connectivity index (χ1) is 8.07. The zero-order valence-corrected chi connectivity index (χ0v) is 12.5. The van der Waals surface area contributed by atoms with E-state index < -0.39 is 0 Å². The monoisotopic (exact) mass is 256 g/mol. The highest BCUT2D eigenvalue weighted by Crippen LogP contribution is 2.48. The molecule has 100 valence electrons. The molecule has 0 aromatic heterocycles. The molecule has 0 spiro atoms. The molecule has 1 unspecified atom stereocenters. The summed E-state index contributed by atoms with van der Waals surface area (Å²) >= 11 is 2.11. The van der Waals surface area contributed by atoms with E-state index in [4.69, 9.17) is 5.73 Å². The number of rotatable bonds is 5. The number of nitrogens with two attached hydrogens (primary N) is 1. The second-order valence-electron chi connectivity index (χ2n) is 6.35. The molecule has 1 heterocycles. The van der Waals surface area contributed by atoms with Gasteiger partial charge >= 0.3 is 0 Å². The predicted molar refractivity (Wildman–Crippen MR) is 77.5 cm³/mol. The summed E-state index contributed by atoms with van der Waals surface area (Å²) in [5.41, 5.74) is 6.86. The lowest BCUT2D eigenvalue weighted by molar-refractivity contribution is -0.00506. The van der Waals surface area contributed by atoms with Crippen LogP contribution in [0.3, 0.4) is 0 Å². The molecule has 0 amide bonds. The van der Waals surface area contributed by atoms with Gasteiger partial charge in [-0.05, 0) is 43.4 Å². The van der Waals surface area contributed by atoms with Gasteiger partial charge in [0.2, 0.25) is 0 Å². The van der Waals surface area contributed by atoms with Crippen molar-refractivity contribution < 1.29 is 0 Å². The van der Waals surface area contributed by atoms with Crippen molar-refractivity contribution in [3.8, 4) is 0 Å². The summed E-state index contributed by atoms with van der Waals surface area (Å²) in [7, 11) is 0. The Morgan fingerprint density at radius 1 is 1.35 bits per heavy atom. The van der Waals surface area contributed by atoms with Crippen molar-refractivity contribution in [3.05, 3.63) is 0 Å². The van der Waals surface area contributed by atoms with Crippen LogP contribution in [-0.4, -0.2) is 41.1 Å². The predicted octanol–water partition coefficient (Wildman–Crippen LogP) is 2.72. The molecule has 1 aliphatic heterocycles. The summed E-state index contributed by atoms with van der Waals surface area (Å²) in [6.45, 7) is 9.22. The summed E-state index contributed by atoms with van der Waals surface area (Å²) in [5.74, 6) is 2.53. The Balaban J connectivity index is 2.25. The van der Waals surface area contributed by atoms with Gasteiger partial charge in [-0.15, -0.1) is 0 Å². The molecule has 0 radical (unpaired) electrons. The Labute approximate surface area is 111 Å². The minimum Gasteiger partial charge on any atom is -0.329 e. The number of hydrogen-bond acceptors (Lipinski definition) is 3.